The third-order valence-corrected chi connectivity index (χ3v) is 4.42. The lowest BCUT2D eigenvalue weighted by molar-refractivity contribution is 0.627. The maximum absolute atomic E-state index is 14.7. The molecule has 4 heterocycles. The van der Waals surface area contributed by atoms with Crippen LogP contribution in [0, 0.1) is 5.82 Å². The number of hydrogen-bond donors (Lipinski definition) is 0. The topological polar surface area (TPSA) is 48.0 Å². The van der Waals surface area contributed by atoms with Gasteiger partial charge in [0.15, 0.2) is 5.65 Å². The van der Waals surface area contributed by atoms with Crippen molar-refractivity contribution in [1.29, 1.82) is 0 Å². The Morgan fingerprint density at radius 3 is 2.65 bits per heavy atom. The minimum absolute atomic E-state index is 0.286. The fourth-order valence-corrected chi connectivity index (χ4v) is 3.16. The molecule has 0 unspecified atom stereocenters. The van der Waals surface area contributed by atoms with Gasteiger partial charge in [-0.05, 0) is 23.8 Å². The lowest BCUT2D eigenvalue weighted by Crippen LogP contribution is -2.03. The quantitative estimate of drug-likeness (QED) is 0.499. The molecule has 0 spiro atoms. The molecule has 1 aromatic carbocycles. The van der Waals surface area contributed by atoms with Gasteiger partial charge in [0.25, 0.3) is 0 Å². The predicted octanol–water partition coefficient (Wildman–Crippen LogP) is 3.93. The molecular weight excluding hydrogens is 329 g/mol. The average Bonchev–Trinajstić information content (AvgIpc) is 3.26. The first-order chi connectivity index (χ1) is 12.8. The van der Waals surface area contributed by atoms with Crippen molar-refractivity contribution >= 4 is 16.6 Å². The van der Waals surface area contributed by atoms with Crippen LogP contribution in [0.15, 0.2) is 73.2 Å². The van der Waals surface area contributed by atoms with Gasteiger partial charge >= 0.3 is 0 Å². The lowest BCUT2D eigenvalue weighted by Gasteiger charge is -2.06. The van der Waals surface area contributed by atoms with Crippen molar-refractivity contribution in [2.75, 3.05) is 0 Å². The van der Waals surface area contributed by atoms with Crippen LogP contribution in [0.2, 0.25) is 0 Å². The Hall–Kier alpha value is -3.54. The molecule has 0 saturated heterocycles. The fraction of sp³-hybridized carbons (Fsp3) is 0.0500. The van der Waals surface area contributed by atoms with Crippen molar-refractivity contribution in [2.24, 2.45) is 0 Å². The summed E-state index contributed by atoms with van der Waals surface area (Å²) in [4.78, 5) is 4.60. The molecular formula is C20H14FN5. The van der Waals surface area contributed by atoms with Gasteiger partial charge in [-0.3, -0.25) is 0 Å². The first-order valence-electron chi connectivity index (χ1n) is 8.28. The van der Waals surface area contributed by atoms with E-state index in [1.165, 1.54) is 6.07 Å². The van der Waals surface area contributed by atoms with Crippen molar-refractivity contribution in [1.82, 2.24) is 24.4 Å². The maximum atomic E-state index is 14.7. The summed E-state index contributed by atoms with van der Waals surface area (Å²) in [6.45, 7) is 0.581. The van der Waals surface area contributed by atoms with Crippen LogP contribution in [0.25, 0.3) is 27.8 Å². The molecule has 0 atom stereocenters. The van der Waals surface area contributed by atoms with Gasteiger partial charge in [-0.2, -0.15) is 10.2 Å². The van der Waals surface area contributed by atoms with Gasteiger partial charge in [0.05, 0.1) is 24.5 Å². The zero-order valence-corrected chi connectivity index (χ0v) is 13.7. The highest BCUT2D eigenvalue weighted by Crippen LogP contribution is 2.28. The van der Waals surface area contributed by atoms with Crippen molar-refractivity contribution in [2.45, 2.75) is 6.54 Å². The molecule has 0 radical (unpaired) electrons. The minimum atomic E-state index is -0.379. The van der Waals surface area contributed by atoms with Crippen LogP contribution in [0.3, 0.4) is 0 Å². The summed E-state index contributed by atoms with van der Waals surface area (Å²) in [6.07, 6.45) is 5.12. The standard InChI is InChI=1S/C20H14FN5/c21-17-10-15-11-22-26(13-14-6-2-1-3-7-14)20(15)24-19(17)16-12-23-25-9-5-4-8-18(16)25/h1-12H,13H2. The molecule has 5 aromatic rings. The van der Waals surface area contributed by atoms with Gasteiger partial charge in [0.1, 0.15) is 11.5 Å². The zero-order valence-electron chi connectivity index (χ0n) is 13.7. The van der Waals surface area contributed by atoms with Gasteiger partial charge in [-0.25, -0.2) is 18.6 Å². The minimum Gasteiger partial charge on any atom is -0.243 e. The third kappa shape index (κ3) is 2.35. The summed E-state index contributed by atoms with van der Waals surface area (Å²) in [7, 11) is 0. The highest BCUT2D eigenvalue weighted by molar-refractivity contribution is 5.83. The second-order valence-electron chi connectivity index (χ2n) is 6.11. The fourth-order valence-electron chi connectivity index (χ4n) is 3.16. The summed E-state index contributed by atoms with van der Waals surface area (Å²) < 4.78 is 18.2. The van der Waals surface area contributed by atoms with Crippen molar-refractivity contribution in [3.05, 3.63) is 84.6 Å². The van der Waals surface area contributed by atoms with E-state index in [0.717, 1.165) is 11.1 Å². The molecule has 6 heteroatoms. The highest BCUT2D eigenvalue weighted by Gasteiger charge is 2.16. The first-order valence-corrected chi connectivity index (χ1v) is 8.28. The summed E-state index contributed by atoms with van der Waals surface area (Å²) in [6, 6.07) is 17.2. The number of nitrogens with zero attached hydrogens (tertiary/aromatic N) is 5. The Bertz CT molecular complexity index is 1220. The van der Waals surface area contributed by atoms with E-state index in [0.29, 0.717) is 23.1 Å². The molecule has 0 fully saturated rings. The predicted molar refractivity (Wildman–Crippen MR) is 97.2 cm³/mol. The molecule has 5 nitrogen and oxygen atoms in total. The van der Waals surface area contributed by atoms with E-state index < -0.39 is 0 Å². The largest absolute Gasteiger partial charge is 0.243 e. The van der Waals surface area contributed by atoms with E-state index in [-0.39, 0.29) is 11.5 Å². The molecule has 0 N–H and O–H groups in total. The number of pyridine rings is 2. The molecule has 0 aliphatic heterocycles. The van der Waals surface area contributed by atoms with Crippen molar-refractivity contribution in [3.63, 3.8) is 0 Å². The molecule has 26 heavy (non-hydrogen) atoms. The van der Waals surface area contributed by atoms with E-state index in [4.69, 9.17) is 0 Å². The second-order valence-corrected chi connectivity index (χ2v) is 6.11. The van der Waals surface area contributed by atoms with Crippen LogP contribution in [0.5, 0.6) is 0 Å². The summed E-state index contributed by atoms with van der Waals surface area (Å²) >= 11 is 0. The van der Waals surface area contributed by atoms with Gasteiger partial charge in [0, 0.05) is 17.1 Å². The molecule has 0 saturated carbocycles. The monoisotopic (exact) mass is 343 g/mol. The Morgan fingerprint density at radius 1 is 0.923 bits per heavy atom. The molecule has 5 rings (SSSR count). The average molecular weight is 343 g/mol. The van der Waals surface area contributed by atoms with Crippen LogP contribution >= 0.6 is 0 Å². The number of hydrogen-bond acceptors (Lipinski definition) is 3. The van der Waals surface area contributed by atoms with Crippen LogP contribution in [0.4, 0.5) is 4.39 Å². The van der Waals surface area contributed by atoms with E-state index in [9.17, 15) is 4.39 Å². The van der Waals surface area contributed by atoms with E-state index in [2.05, 4.69) is 15.2 Å². The smallest absolute Gasteiger partial charge is 0.158 e. The molecule has 0 bridgehead atoms. The number of aromatic nitrogens is 5. The number of rotatable bonds is 3. The summed E-state index contributed by atoms with van der Waals surface area (Å²) in [5, 5.41) is 9.34. The molecule has 0 aliphatic carbocycles. The van der Waals surface area contributed by atoms with Gasteiger partial charge in [-0.1, -0.05) is 36.4 Å². The maximum Gasteiger partial charge on any atom is 0.158 e. The second kappa shape index (κ2) is 5.77. The first kappa shape index (κ1) is 14.8. The molecule has 4 aromatic heterocycles. The van der Waals surface area contributed by atoms with E-state index in [1.807, 2.05) is 54.7 Å². The Balaban J connectivity index is 1.67. The Labute approximate surface area is 148 Å². The normalized spacial score (nSPS) is 11.4. The number of halogens is 1. The van der Waals surface area contributed by atoms with E-state index in [1.54, 1.807) is 21.6 Å². The third-order valence-electron chi connectivity index (χ3n) is 4.42. The van der Waals surface area contributed by atoms with Crippen LogP contribution in [-0.2, 0) is 6.54 Å². The van der Waals surface area contributed by atoms with E-state index >= 15 is 0 Å². The summed E-state index contributed by atoms with van der Waals surface area (Å²) in [5.74, 6) is -0.379. The SMILES string of the molecule is Fc1cc2cnn(Cc3ccccc3)c2nc1-c1cnn2ccccc12. The Kier molecular flexibility index (Phi) is 3.28. The zero-order chi connectivity index (χ0) is 17.5. The van der Waals surface area contributed by atoms with Crippen LogP contribution in [-0.4, -0.2) is 24.4 Å². The highest BCUT2D eigenvalue weighted by atomic mass is 19.1. The Morgan fingerprint density at radius 2 is 1.77 bits per heavy atom. The molecule has 0 aliphatic rings. The molecule has 0 amide bonds. The van der Waals surface area contributed by atoms with Gasteiger partial charge in [-0.15, -0.1) is 0 Å². The van der Waals surface area contributed by atoms with Gasteiger partial charge < -0.3 is 0 Å². The summed E-state index contributed by atoms with van der Waals surface area (Å²) in [5.41, 5.74) is 3.53. The lowest BCUT2D eigenvalue weighted by atomic mass is 10.1. The van der Waals surface area contributed by atoms with Crippen LogP contribution in [0.1, 0.15) is 5.56 Å². The number of benzene rings is 1. The number of fused-ring (bicyclic) bond motifs is 2. The van der Waals surface area contributed by atoms with Crippen molar-refractivity contribution in [3.8, 4) is 11.3 Å². The van der Waals surface area contributed by atoms with Crippen molar-refractivity contribution < 1.29 is 4.39 Å². The van der Waals surface area contributed by atoms with Gasteiger partial charge in [0.2, 0.25) is 0 Å². The molecule has 126 valence electrons. The van der Waals surface area contributed by atoms with Crippen LogP contribution < -0.4 is 0 Å².